The Morgan fingerprint density at radius 3 is 2.21 bits per heavy atom. The zero-order valence-electron chi connectivity index (χ0n) is 15.3. The summed E-state index contributed by atoms with van der Waals surface area (Å²) in [4.78, 5) is 0. The van der Waals surface area contributed by atoms with Crippen molar-refractivity contribution >= 4 is 11.3 Å². The summed E-state index contributed by atoms with van der Waals surface area (Å²) in [6.45, 7) is 3.04. The van der Waals surface area contributed by atoms with E-state index >= 15 is 0 Å². The van der Waals surface area contributed by atoms with Crippen molar-refractivity contribution < 1.29 is 4.74 Å². The highest BCUT2D eigenvalue weighted by molar-refractivity contribution is 7.11. The monoisotopic (exact) mass is 346 g/mol. The second-order valence-corrected chi connectivity index (χ2v) is 6.89. The van der Waals surface area contributed by atoms with Gasteiger partial charge in [-0.05, 0) is 56.0 Å². The molecule has 0 aliphatic carbocycles. The van der Waals surface area contributed by atoms with Crippen molar-refractivity contribution in [3.8, 4) is 5.06 Å². The smallest absolute Gasteiger partial charge is 0.173 e. The van der Waals surface area contributed by atoms with Crippen LogP contribution in [-0.4, -0.2) is 6.61 Å². The minimum atomic E-state index is 0.866. The van der Waals surface area contributed by atoms with Crippen LogP contribution in [-0.2, 0) is 0 Å². The van der Waals surface area contributed by atoms with E-state index < -0.39 is 0 Å². The molecule has 0 aromatic carbocycles. The molecule has 0 fully saturated rings. The SMILES string of the molecule is CCC=CCC=CCC=CCCCCCCCCOc1cccs1. The second kappa shape index (κ2) is 16.6. The van der Waals surface area contributed by atoms with Crippen LogP contribution in [0.1, 0.15) is 71.1 Å². The molecule has 0 bridgehead atoms. The maximum Gasteiger partial charge on any atom is 0.173 e. The molecule has 1 nitrogen and oxygen atoms in total. The predicted molar refractivity (Wildman–Crippen MR) is 109 cm³/mol. The molecule has 1 rings (SSSR count). The highest BCUT2D eigenvalue weighted by atomic mass is 32.1. The van der Waals surface area contributed by atoms with Crippen molar-refractivity contribution in [1.82, 2.24) is 0 Å². The molecule has 134 valence electrons. The van der Waals surface area contributed by atoms with E-state index in [4.69, 9.17) is 4.74 Å². The molecule has 1 aromatic heterocycles. The zero-order valence-corrected chi connectivity index (χ0v) is 16.1. The lowest BCUT2D eigenvalue weighted by atomic mass is 10.1. The first-order valence-electron chi connectivity index (χ1n) is 9.54. The molecule has 0 spiro atoms. The maximum absolute atomic E-state index is 5.67. The molecule has 0 saturated heterocycles. The molecule has 2 heteroatoms. The van der Waals surface area contributed by atoms with E-state index in [1.165, 1.54) is 44.9 Å². The number of thiophene rings is 1. The molecular weight excluding hydrogens is 312 g/mol. The Morgan fingerprint density at radius 2 is 1.50 bits per heavy atom. The van der Waals surface area contributed by atoms with Gasteiger partial charge >= 0.3 is 0 Å². The van der Waals surface area contributed by atoms with Gasteiger partial charge in [0.25, 0.3) is 0 Å². The second-order valence-electron chi connectivity index (χ2n) is 5.98. The number of hydrogen-bond donors (Lipinski definition) is 0. The quantitative estimate of drug-likeness (QED) is 0.233. The van der Waals surface area contributed by atoms with E-state index in [2.05, 4.69) is 48.8 Å². The van der Waals surface area contributed by atoms with E-state index in [-0.39, 0.29) is 0 Å². The summed E-state index contributed by atoms with van der Waals surface area (Å²) < 4.78 is 5.67. The van der Waals surface area contributed by atoms with Gasteiger partial charge in [0.15, 0.2) is 5.06 Å². The van der Waals surface area contributed by atoms with Crippen molar-refractivity contribution in [1.29, 1.82) is 0 Å². The number of ether oxygens (including phenoxy) is 1. The lowest BCUT2D eigenvalue weighted by Crippen LogP contribution is -1.95. The van der Waals surface area contributed by atoms with E-state index in [9.17, 15) is 0 Å². The number of allylic oxidation sites excluding steroid dienone is 6. The lowest BCUT2D eigenvalue weighted by molar-refractivity contribution is 0.313. The fourth-order valence-electron chi connectivity index (χ4n) is 2.42. The standard InChI is InChI=1S/C22H34OS/c1-2-3-4-5-6-7-8-9-10-11-12-13-14-15-16-17-20-23-22-19-18-21-24-22/h3-4,6-7,9-10,18-19,21H,2,5,8,11-17,20H2,1H3. The van der Waals surface area contributed by atoms with Crippen LogP contribution in [0.4, 0.5) is 0 Å². The first kappa shape index (κ1) is 20.8. The first-order chi connectivity index (χ1) is 11.9. The molecule has 0 atom stereocenters. The third-order valence-corrected chi connectivity index (χ3v) is 4.56. The average Bonchev–Trinajstić information content (AvgIpc) is 3.11. The van der Waals surface area contributed by atoms with Crippen LogP contribution in [0.5, 0.6) is 5.06 Å². The summed E-state index contributed by atoms with van der Waals surface area (Å²) in [5.74, 6) is 0. The summed E-state index contributed by atoms with van der Waals surface area (Å²) in [5, 5.41) is 3.11. The van der Waals surface area contributed by atoms with Gasteiger partial charge in [0.1, 0.15) is 0 Å². The van der Waals surface area contributed by atoms with Crippen LogP contribution in [0.2, 0.25) is 0 Å². The Balaban J connectivity index is 1.78. The van der Waals surface area contributed by atoms with Gasteiger partial charge < -0.3 is 4.74 Å². The maximum atomic E-state index is 5.67. The third kappa shape index (κ3) is 13.2. The Kier molecular flexibility index (Phi) is 14.3. The normalized spacial score (nSPS) is 12.0. The van der Waals surface area contributed by atoms with Gasteiger partial charge in [-0.15, -0.1) is 11.3 Å². The Hall–Kier alpha value is -1.28. The van der Waals surface area contributed by atoms with Gasteiger partial charge in [-0.25, -0.2) is 0 Å². The first-order valence-corrected chi connectivity index (χ1v) is 10.4. The van der Waals surface area contributed by atoms with Gasteiger partial charge in [0.05, 0.1) is 6.61 Å². The van der Waals surface area contributed by atoms with Crippen LogP contribution in [0.25, 0.3) is 0 Å². The van der Waals surface area contributed by atoms with Crippen LogP contribution in [0.15, 0.2) is 54.0 Å². The summed E-state index contributed by atoms with van der Waals surface area (Å²) >= 11 is 1.68. The summed E-state index contributed by atoms with van der Waals surface area (Å²) in [7, 11) is 0. The summed E-state index contributed by atoms with van der Waals surface area (Å²) in [6, 6.07) is 4.08. The summed E-state index contributed by atoms with van der Waals surface area (Å²) in [6.07, 6.45) is 25.9. The Morgan fingerprint density at radius 1 is 0.833 bits per heavy atom. The van der Waals surface area contributed by atoms with Crippen molar-refractivity contribution in [2.75, 3.05) is 6.61 Å². The van der Waals surface area contributed by atoms with Crippen LogP contribution >= 0.6 is 11.3 Å². The van der Waals surface area contributed by atoms with Gasteiger partial charge in [-0.2, -0.15) is 0 Å². The third-order valence-electron chi connectivity index (χ3n) is 3.78. The molecule has 0 unspecified atom stereocenters. The molecule has 0 aliphatic heterocycles. The Labute approximate surface area is 153 Å². The lowest BCUT2D eigenvalue weighted by Gasteiger charge is -2.03. The molecule has 0 saturated carbocycles. The fraction of sp³-hybridized carbons (Fsp3) is 0.545. The van der Waals surface area contributed by atoms with Crippen molar-refractivity contribution in [2.45, 2.75) is 71.1 Å². The minimum absolute atomic E-state index is 0.866. The molecular formula is C22H34OS. The predicted octanol–water partition coefficient (Wildman–Crippen LogP) is 7.72. The van der Waals surface area contributed by atoms with E-state index in [0.717, 1.165) is 30.9 Å². The van der Waals surface area contributed by atoms with Crippen LogP contribution in [0.3, 0.4) is 0 Å². The van der Waals surface area contributed by atoms with Crippen molar-refractivity contribution in [3.05, 3.63) is 54.0 Å². The van der Waals surface area contributed by atoms with Crippen LogP contribution < -0.4 is 4.74 Å². The van der Waals surface area contributed by atoms with E-state index in [0.29, 0.717) is 0 Å². The molecule has 0 aliphatic rings. The average molecular weight is 347 g/mol. The van der Waals surface area contributed by atoms with Crippen molar-refractivity contribution in [3.63, 3.8) is 0 Å². The molecule has 0 amide bonds. The van der Waals surface area contributed by atoms with Gasteiger partial charge in [-0.1, -0.05) is 69.1 Å². The zero-order chi connectivity index (χ0) is 17.1. The largest absolute Gasteiger partial charge is 0.484 e. The molecule has 1 heterocycles. The van der Waals surface area contributed by atoms with Crippen LogP contribution in [0, 0.1) is 0 Å². The molecule has 0 N–H and O–H groups in total. The van der Waals surface area contributed by atoms with E-state index in [1.54, 1.807) is 11.3 Å². The topological polar surface area (TPSA) is 9.23 Å². The fourth-order valence-corrected chi connectivity index (χ4v) is 3.02. The van der Waals surface area contributed by atoms with Crippen molar-refractivity contribution in [2.24, 2.45) is 0 Å². The number of unbranched alkanes of at least 4 members (excludes halogenated alkanes) is 6. The molecule has 0 radical (unpaired) electrons. The minimum Gasteiger partial charge on any atom is -0.484 e. The highest BCUT2D eigenvalue weighted by Crippen LogP contribution is 2.18. The highest BCUT2D eigenvalue weighted by Gasteiger charge is 1.94. The number of hydrogen-bond acceptors (Lipinski definition) is 2. The summed E-state index contributed by atoms with van der Waals surface area (Å²) in [5.41, 5.74) is 0. The van der Waals surface area contributed by atoms with E-state index in [1.807, 2.05) is 12.1 Å². The molecule has 24 heavy (non-hydrogen) atoms. The van der Waals surface area contributed by atoms with Gasteiger partial charge in [0.2, 0.25) is 0 Å². The van der Waals surface area contributed by atoms with Gasteiger partial charge in [0, 0.05) is 0 Å². The Bertz CT molecular complexity index is 443. The number of rotatable bonds is 15. The molecule has 1 aromatic rings. The van der Waals surface area contributed by atoms with Gasteiger partial charge in [-0.3, -0.25) is 0 Å².